The summed E-state index contributed by atoms with van der Waals surface area (Å²) >= 11 is 0. The monoisotopic (exact) mass is 242 g/mol. The number of nitrogens with one attached hydrogen (secondary N) is 1. The molecule has 3 aromatic rings. The highest BCUT2D eigenvalue weighted by molar-refractivity contribution is 5.79. The summed E-state index contributed by atoms with van der Waals surface area (Å²) in [6.07, 6.45) is 3.48. The van der Waals surface area contributed by atoms with Crippen LogP contribution in [-0.2, 0) is 13.6 Å². The van der Waals surface area contributed by atoms with Gasteiger partial charge in [-0.3, -0.25) is 4.68 Å². The third-order valence-corrected chi connectivity index (χ3v) is 2.88. The van der Waals surface area contributed by atoms with Crippen LogP contribution in [0.5, 0.6) is 0 Å². The van der Waals surface area contributed by atoms with Crippen LogP contribution in [-0.4, -0.2) is 21.8 Å². The molecule has 2 heterocycles. The maximum absolute atomic E-state index is 5.33. The fourth-order valence-corrected chi connectivity index (χ4v) is 2.10. The molecule has 92 valence electrons. The number of rotatable bonds is 3. The molecule has 0 bridgehead atoms. The highest BCUT2D eigenvalue weighted by Crippen LogP contribution is 2.25. The fourth-order valence-electron chi connectivity index (χ4n) is 2.10. The molecule has 0 spiro atoms. The molecule has 1 aromatic carbocycles. The second-order valence-corrected chi connectivity index (χ2v) is 4.24. The molecule has 0 atom stereocenters. The van der Waals surface area contributed by atoms with E-state index in [2.05, 4.69) is 15.4 Å². The van der Waals surface area contributed by atoms with Crippen LogP contribution >= 0.6 is 0 Å². The Kier molecular flexibility index (Phi) is 2.60. The predicted molar refractivity (Wildman–Crippen MR) is 69.0 cm³/mol. The lowest BCUT2D eigenvalue weighted by Crippen LogP contribution is -2.05. The van der Waals surface area contributed by atoms with Crippen LogP contribution in [0, 0.1) is 0 Å². The molecule has 0 aliphatic carbocycles. The molecule has 3 rings (SSSR count). The molecule has 2 aromatic heterocycles. The largest absolute Gasteiger partial charge is 0.443 e. The Morgan fingerprint density at radius 2 is 2.28 bits per heavy atom. The van der Waals surface area contributed by atoms with Crippen LogP contribution in [0.4, 0.5) is 0 Å². The number of aromatic nitrogens is 3. The van der Waals surface area contributed by atoms with E-state index < -0.39 is 0 Å². The molecule has 0 amide bonds. The van der Waals surface area contributed by atoms with Crippen LogP contribution < -0.4 is 5.32 Å². The Bertz CT molecular complexity index is 683. The van der Waals surface area contributed by atoms with E-state index in [9.17, 15) is 0 Å². The molecule has 0 saturated carbocycles. The summed E-state index contributed by atoms with van der Waals surface area (Å²) in [5, 5.41) is 7.66. The Morgan fingerprint density at radius 3 is 3.11 bits per heavy atom. The molecule has 0 fully saturated rings. The van der Waals surface area contributed by atoms with Gasteiger partial charge in [0.2, 0.25) is 0 Å². The van der Waals surface area contributed by atoms with Crippen LogP contribution in [0.15, 0.2) is 35.2 Å². The van der Waals surface area contributed by atoms with Gasteiger partial charge in [0.25, 0.3) is 0 Å². The van der Waals surface area contributed by atoms with E-state index in [0.717, 1.165) is 28.9 Å². The molecule has 18 heavy (non-hydrogen) atoms. The van der Waals surface area contributed by atoms with Crippen LogP contribution in [0.1, 0.15) is 5.56 Å². The van der Waals surface area contributed by atoms with Gasteiger partial charge >= 0.3 is 0 Å². The Labute approximate surface area is 104 Å². The summed E-state index contributed by atoms with van der Waals surface area (Å²) < 4.78 is 7.15. The van der Waals surface area contributed by atoms with Crippen molar-refractivity contribution in [2.75, 3.05) is 7.05 Å². The van der Waals surface area contributed by atoms with Crippen molar-refractivity contribution in [3.8, 4) is 11.3 Å². The van der Waals surface area contributed by atoms with E-state index in [1.807, 2.05) is 43.2 Å². The van der Waals surface area contributed by atoms with Crippen molar-refractivity contribution < 1.29 is 4.42 Å². The number of aryl methyl sites for hydroxylation is 1. The van der Waals surface area contributed by atoms with Crippen molar-refractivity contribution in [1.29, 1.82) is 0 Å². The first-order chi connectivity index (χ1) is 8.78. The first-order valence-corrected chi connectivity index (χ1v) is 5.78. The van der Waals surface area contributed by atoms with Crippen molar-refractivity contribution >= 4 is 11.1 Å². The standard InChI is InChI=1S/C13H14N4O/c1-14-6-10-7-17(2)16-13(10)9-3-4-11-12(5-9)18-8-15-11/h3-5,7-8,14H,6H2,1-2H3. The first kappa shape index (κ1) is 11.0. The third kappa shape index (κ3) is 1.78. The van der Waals surface area contributed by atoms with Gasteiger partial charge in [-0.05, 0) is 19.2 Å². The molecule has 0 radical (unpaired) electrons. The molecule has 0 saturated heterocycles. The van der Waals surface area contributed by atoms with Crippen molar-refractivity contribution in [2.24, 2.45) is 7.05 Å². The lowest BCUT2D eigenvalue weighted by Gasteiger charge is -2.01. The predicted octanol–water partition coefficient (Wildman–Crippen LogP) is 1.95. The second kappa shape index (κ2) is 4.27. The number of fused-ring (bicyclic) bond motifs is 1. The highest BCUT2D eigenvalue weighted by atomic mass is 16.3. The van der Waals surface area contributed by atoms with Gasteiger partial charge in [0.05, 0.1) is 5.69 Å². The third-order valence-electron chi connectivity index (χ3n) is 2.88. The molecule has 0 aliphatic heterocycles. The van der Waals surface area contributed by atoms with Gasteiger partial charge in [-0.15, -0.1) is 0 Å². The van der Waals surface area contributed by atoms with Gasteiger partial charge in [-0.2, -0.15) is 5.10 Å². The molecular formula is C13H14N4O. The van der Waals surface area contributed by atoms with Gasteiger partial charge in [-0.1, -0.05) is 6.07 Å². The van der Waals surface area contributed by atoms with Crippen LogP contribution in [0.2, 0.25) is 0 Å². The van der Waals surface area contributed by atoms with E-state index >= 15 is 0 Å². The maximum Gasteiger partial charge on any atom is 0.181 e. The Hall–Kier alpha value is -2.14. The summed E-state index contributed by atoms with van der Waals surface area (Å²) in [6, 6.07) is 5.95. The number of hydrogen-bond donors (Lipinski definition) is 1. The zero-order valence-electron chi connectivity index (χ0n) is 10.3. The van der Waals surface area contributed by atoms with E-state index in [0.29, 0.717) is 0 Å². The van der Waals surface area contributed by atoms with E-state index in [4.69, 9.17) is 4.42 Å². The van der Waals surface area contributed by atoms with Gasteiger partial charge < -0.3 is 9.73 Å². The van der Waals surface area contributed by atoms with Crippen molar-refractivity contribution in [2.45, 2.75) is 6.54 Å². The zero-order valence-corrected chi connectivity index (χ0v) is 10.3. The molecule has 5 heteroatoms. The summed E-state index contributed by atoms with van der Waals surface area (Å²) in [7, 11) is 3.85. The van der Waals surface area contributed by atoms with Gasteiger partial charge in [0.15, 0.2) is 12.0 Å². The molecule has 0 aliphatic rings. The zero-order chi connectivity index (χ0) is 12.5. The summed E-state index contributed by atoms with van der Waals surface area (Å²) in [4.78, 5) is 4.11. The lowest BCUT2D eigenvalue weighted by atomic mass is 10.1. The lowest BCUT2D eigenvalue weighted by molar-refractivity contribution is 0.602. The molecule has 5 nitrogen and oxygen atoms in total. The average Bonchev–Trinajstić information content (AvgIpc) is 2.95. The quantitative estimate of drug-likeness (QED) is 0.762. The number of hydrogen-bond acceptors (Lipinski definition) is 4. The minimum Gasteiger partial charge on any atom is -0.443 e. The van der Waals surface area contributed by atoms with Gasteiger partial charge in [0, 0.05) is 30.9 Å². The minimum atomic E-state index is 0.786. The van der Waals surface area contributed by atoms with Crippen molar-refractivity contribution in [3.63, 3.8) is 0 Å². The van der Waals surface area contributed by atoms with E-state index in [1.165, 1.54) is 12.0 Å². The Morgan fingerprint density at radius 1 is 1.39 bits per heavy atom. The summed E-state index contributed by atoms with van der Waals surface area (Å²) in [5.41, 5.74) is 4.84. The van der Waals surface area contributed by atoms with Gasteiger partial charge in [0.1, 0.15) is 5.52 Å². The molecule has 1 N–H and O–H groups in total. The Balaban J connectivity index is 2.12. The number of nitrogens with zero attached hydrogens (tertiary/aromatic N) is 3. The minimum absolute atomic E-state index is 0.786. The van der Waals surface area contributed by atoms with Crippen LogP contribution in [0.25, 0.3) is 22.4 Å². The summed E-state index contributed by atoms with van der Waals surface area (Å²) in [6.45, 7) is 0.789. The fraction of sp³-hybridized carbons (Fsp3) is 0.231. The average molecular weight is 242 g/mol. The van der Waals surface area contributed by atoms with Crippen molar-refractivity contribution in [1.82, 2.24) is 20.1 Å². The topological polar surface area (TPSA) is 55.9 Å². The normalized spacial score (nSPS) is 11.2. The SMILES string of the molecule is CNCc1cn(C)nc1-c1ccc2ncoc2c1. The van der Waals surface area contributed by atoms with E-state index in [-0.39, 0.29) is 0 Å². The first-order valence-electron chi connectivity index (χ1n) is 5.78. The highest BCUT2D eigenvalue weighted by Gasteiger charge is 2.11. The number of oxazole rings is 1. The van der Waals surface area contributed by atoms with Crippen molar-refractivity contribution in [3.05, 3.63) is 36.4 Å². The smallest absolute Gasteiger partial charge is 0.181 e. The van der Waals surface area contributed by atoms with Crippen LogP contribution in [0.3, 0.4) is 0 Å². The van der Waals surface area contributed by atoms with E-state index in [1.54, 1.807) is 0 Å². The molecular weight excluding hydrogens is 228 g/mol. The summed E-state index contributed by atoms with van der Waals surface area (Å²) in [5.74, 6) is 0. The second-order valence-electron chi connectivity index (χ2n) is 4.24. The molecule has 0 unspecified atom stereocenters. The maximum atomic E-state index is 5.33. The van der Waals surface area contributed by atoms with Gasteiger partial charge in [-0.25, -0.2) is 4.98 Å². The number of benzene rings is 1.